The predicted octanol–water partition coefficient (Wildman–Crippen LogP) is 3.75. The molecule has 4 rings (SSSR count). The molecule has 0 aromatic heterocycles. The number of ether oxygens (including phenoxy) is 1. The third kappa shape index (κ3) is 12.7. The van der Waals surface area contributed by atoms with E-state index in [0.29, 0.717) is 12.5 Å². The Hall–Kier alpha value is -2.83. The summed E-state index contributed by atoms with van der Waals surface area (Å²) in [6.45, 7) is 9.23. The van der Waals surface area contributed by atoms with Crippen molar-refractivity contribution in [2.45, 2.75) is 34.4 Å². The third-order valence-electron chi connectivity index (χ3n) is 6.70. The molecule has 2 heterocycles. The maximum absolute atomic E-state index is 11.6. The highest BCUT2D eigenvalue weighted by molar-refractivity contribution is 7.79. The van der Waals surface area contributed by atoms with Gasteiger partial charge in [0.05, 0.1) is 18.9 Å². The molecule has 2 aliphatic rings. The summed E-state index contributed by atoms with van der Waals surface area (Å²) in [5.41, 5.74) is 2.55. The Morgan fingerprint density at radius 3 is 1.49 bits per heavy atom. The number of nitrogens with zero attached hydrogens (tertiary/aromatic N) is 2. The summed E-state index contributed by atoms with van der Waals surface area (Å²) in [4.78, 5) is 27.1. The van der Waals surface area contributed by atoms with Gasteiger partial charge in [-0.05, 0) is 23.0 Å². The number of likely N-dealkylation sites (tertiary alicyclic amines) is 2. The van der Waals surface area contributed by atoms with Gasteiger partial charge in [0, 0.05) is 39.3 Å². The molecule has 4 atom stereocenters. The van der Waals surface area contributed by atoms with Crippen molar-refractivity contribution in [3.8, 4) is 0 Å². The molecule has 0 aliphatic carbocycles. The molecule has 11 heteroatoms. The van der Waals surface area contributed by atoms with Gasteiger partial charge in [-0.25, -0.2) is 0 Å². The van der Waals surface area contributed by atoms with Crippen molar-refractivity contribution in [3.63, 3.8) is 0 Å². The van der Waals surface area contributed by atoms with Crippen LogP contribution in [0, 0.1) is 23.7 Å². The van der Waals surface area contributed by atoms with Crippen LogP contribution in [0.5, 0.6) is 0 Å². The lowest BCUT2D eigenvalue weighted by atomic mass is 9.99. The number of benzene rings is 2. The number of carbonyl (C=O) groups excluding carboxylic acids is 1. The summed E-state index contributed by atoms with van der Waals surface area (Å²) in [5.74, 6) is -0.282. The number of hydrogen-bond donors (Lipinski definition) is 3. The van der Waals surface area contributed by atoms with E-state index in [1.807, 2.05) is 43.3 Å². The van der Waals surface area contributed by atoms with Crippen LogP contribution >= 0.6 is 0 Å². The van der Waals surface area contributed by atoms with Gasteiger partial charge in [-0.1, -0.05) is 81.9 Å². The van der Waals surface area contributed by atoms with E-state index in [1.54, 1.807) is 0 Å². The van der Waals surface area contributed by atoms with E-state index >= 15 is 0 Å². The maximum atomic E-state index is 11.6. The van der Waals surface area contributed by atoms with Gasteiger partial charge in [0.2, 0.25) is 0 Å². The molecule has 2 aromatic carbocycles. The predicted molar refractivity (Wildman–Crippen MR) is 149 cm³/mol. The summed E-state index contributed by atoms with van der Waals surface area (Å²) in [6, 6.07) is 20.6. The first-order chi connectivity index (χ1) is 17.9. The van der Waals surface area contributed by atoms with Crippen molar-refractivity contribution in [1.82, 2.24) is 9.80 Å². The normalized spacial score (nSPS) is 22.9. The highest BCUT2D eigenvalue weighted by Gasteiger charge is 2.35. The van der Waals surface area contributed by atoms with Crippen LogP contribution in [0.2, 0.25) is 0 Å². The Bertz CT molecular complexity index is 1110. The summed E-state index contributed by atoms with van der Waals surface area (Å²) in [6.07, 6.45) is 0. The van der Waals surface area contributed by atoms with Crippen LogP contribution in [0.25, 0.3) is 0 Å². The summed E-state index contributed by atoms with van der Waals surface area (Å²) in [7, 11) is -3.20. The van der Waals surface area contributed by atoms with E-state index in [1.165, 1.54) is 18.2 Å². The first kappa shape index (κ1) is 34.2. The molecular formula is C28H42N2O8S. The molecule has 0 spiro atoms. The van der Waals surface area contributed by atoms with Crippen molar-refractivity contribution in [2.75, 3.05) is 33.3 Å². The molecule has 2 fully saturated rings. The fourth-order valence-corrected chi connectivity index (χ4v) is 4.86. The second-order valence-electron chi connectivity index (χ2n) is 9.84. The first-order valence-corrected chi connectivity index (χ1v) is 13.8. The minimum absolute atomic E-state index is 0. The highest BCUT2D eigenvalue weighted by Crippen LogP contribution is 2.26. The smallest absolute Gasteiger partial charge is 0.394 e. The molecule has 0 saturated carbocycles. The molecule has 0 bridgehead atoms. The lowest BCUT2D eigenvalue weighted by Gasteiger charge is -2.15. The van der Waals surface area contributed by atoms with Crippen LogP contribution in [0.1, 0.15) is 32.4 Å². The molecule has 2 aromatic rings. The van der Waals surface area contributed by atoms with Crippen molar-refractivity contribution in [3.05, 3.63) is 71.8 Å². The molecule has 218 valence electrons. The largest absolute Gasteiger partial charge is 0.481 e. The first-order valence-electron chi connectivity index (χ1n) is 12.4. The lowest BCUT2D eigenvalue weighted by Crippen LogP contribution is -2.24. The fraction of sp³-hybridized carbons (Fsp3) is 0.500. The Kier molecular flexibility index (Phi) is 14.3. The van der Waals surface area contributed by atoms with Gasteiger partial charge in [0.1, 0.15) is 0 Å². The van der Waals surface area contributed by atoms with Crippen LogP contribution in [-0.4, -0.2) is 77.7 Å². The molecular weight excluding hydrogens is 524 g/mol. The molecule has 10 nitrogen and oxygen atoms in total. The van der Waals surface area contributed by atoms with Gasteiger partial charge in [0.25, 0.3) is 0 Å². The number of hydrogen-bond acceptors (Lipinski definition) is 7. The van der Waals surface area contributed by atoms with Crippen molar-refractivity contribution >= 4 is 22.3 Å². The fourth-order valence-electron chi connectivity index (χ4n) is 4.86. The van der Waals surface area contributed by atoms with E-state index < -0.39 is 16.4 Å². The Morgan fingerprint density at radius 2 is 1.15 bits per heavy atom. The zero-order valence-electron chi connectivity index (χ0n) is 22.0. The molecule has 39 heavy (non-hydrogen) atoms. The average molecular weight is 567 g/mol. The van der Waals surface area contributed by atoms with Crippen molar-refractivity contribution < 1.29 is 37.0 Å². The van der Waals surface area contributed by atoms with Crippen LogP contribution in [0.15, 0.2) is 60.7 Å². The van der Waals surface area contributed by atoms with Crippen LogP contribution < -0.4 is 0 Å². The number of aliphatic carboxylic acids is 1. The van der Waals surface area contributed by atoms with Gasteiger partial charge in [0.15, 0.2) is 0 Å². The summed E-state index contributed by atoms with van der Waals surface area (Å²) in [5, 5.41) is 9.04. The number of methoxy groups -OCH3 is 1. The average Bonchev–Trinajstić information content (AvgIpc) is 3.40. The topological polar surface area (TPSA) is 145 Å². The van der Waals surface area contributed by atoms with Crippen LogP contribution in [-0.2, 0) is 37.8 Å². The van der Waals surface area contributed by atoms with Gasteiger partial charge >= 0.3 is 22.3 Å². The second-order valence-corrected chi connectivity index (χ2v) is 10.7. The van der Waals surface area contributed by atoms with Gasteiger partial charge in [-0.3, -0.25) is 28.5 Å². The number of carboxylic acid groups (broad SMARTS) is 1. The van der Waals surface area contributed by atoms with Gasteiger partial charge in [-0.15, -0.1) is 0 Å². The van der Waals surface area contributed by atoms with Crippen molar-refractivity contribution in [2.24, 2.45) is 23.7 Å². The van der Waals surface area contributed by atoms with E-state index in [0.717, 1.165) is 32.7 Å². The van der Waals surface area contributed by atoms with Crippen LogP contribution in [0.3, 0.4) is 0 Å². The standard InChI is InChI=1S/C14H19NO2.C13H17NO2.CH4.H2O4S/c1-11-8-15(10-13(11)14(16)17-2)9-12-6-4-3-5-7-12;1-10-7-14(9-12(10)13(15)16)8-11-5-3-2-4-6-11;;1-5(2,3)4/h3-7,11,13H,8-10H2,1-2H3;2-6,10,12H,7-9H2,1H3,(H,15,16);1H4;(H2,1,2,3,4)/t11-,13-;10-,12-;;/m11../s1. The Balaban J connectivity index is 0.000000327. The quantitative estimate of drug-likeness (QED) is 0.349. The number of carbonyl (C=O) groups is 2. The summed E-state index contributed by atoms with van der Waals surface area (Å²) < 4.78 is 36.4. The van der Waals surface area contributed by atoms with E-state index in [9.17, 15) is 9.59 Å². The number of rotatable bonds is 6. The molecule has 2 aliphatic heterocycles. The molecule has 0 amide bonds. The SMILES string of the molecule is C.COC(=O)[C@@H]1CN(Cc2ccccc2)C[C@H]1C.C[C@@H]1CN(Cc2ccccc2)C[C@H]1C(=O)O.O=S(=O)(O)O. The zero-order chi connectivity index (χ0) is 28.3. The maximum Gasteiger partial charge on any atom is 0.394 e. The van der Waals surface area contributed by atoms with Gasteiger partial charge in [-0.2, -0.15) is 8.42 Å². The van der Waals surface area contributed by atoms with Gasteiger partial charge < -0.3 is 9.84 Å². The lowest BCUT2D eigenvalue weighted by molar-refractivity contribution is -0.146. The highest BCUT2D eigenvalue weighted by atomic mass is 32.3. The zero-order valence-corrected chi connectivity index (χ0v) is 22.8. The summed E-state index contributed by atoms with van der Waals surface area (Å²) >= 11 is 0. The monoisotopic (exact) mass is 566 g/mol. The Morgan fingerprint density at radius 1 is 0.795 bits per heavy atom. The number of esters is 1. The number of carboxylic acids is 1. The van der Waals surface area contributed by atoms with Crippen LogP contribution in [0.4, 0.5) is 0 Å². The second kappa shape index (κ2) is 16.3. The minimum atomic E-state index is -4.67. The third-order valence-corrected chi connectivity index (χ3v) is 6.70. The molecule has 0 unspecified atom stereocenters. The Labute approximate surface area is 232 Å². The minimum Gasteiger partial charge on any atom is -0.481 e. The molecule has 3 N–H and O–H groups in total. The van der Waals surface area contributed by atoms with E-state index in [-0.39, 0.29) is 31.1 Å². The van der Waals surface area contributed by atoms with E-state index in [2.05, 4.69) is 41.0 Å². The van der Waals surface area contributed by atoms with Crippen molar-refractivity contribution in [1.29, 1.82) is 0 Å². The molecule has 2 saturated heterocycles. The van der Waals surface area contributed by atoms with E-state index in [4.69, 9.17) is 27.4 Å². The molecule has 0 radical (unpaired) electrons.